The number of nitrogens with zero attached hydrogens (tertiary/aromatic N) is 3. The molecule has 0 amide bonds. The zero-order valence-electron chi connectivity index (χ0n) is 8.77. The van der Waals surface area contributed by atoms with Gasteiger partial charge in [0, 0.05) is 12.7 Å². The van der Waals surface area contributed by atoms with Gasteiger partial charge in [-0.05, 0) is 18.6 Å². The molecule has 0 unspecified atom stereocenters. The first-order valence-corrected chi connectivity index (χ1v) is 5.37. The van der Waals surface area contributed by atoms with Crippen molar-refractivity contribution in [3.05, 3.63) is 23.4 Å². The van der Waals surface area contributed by atoms with Gasteiger partial charge in [-0.2, -0.15) is 4.98 Å². The molecule has 0 aliphatic heterocycles. The Morgan fingerprint density at radius 2 is 2.38 bits per heavy atom. The minimum Gasteiger partial charge on any atom is -0.338 e. The third-order valence-corrected chi connectivity index (χ3v) is 2.23. The van der Waals surface area contributed by atoms with E-state index in [-0.39, 0.29) is 0 Å². The van der Waals surface area contributed by atoms with E-state index in [4.69, 9.17) is 16.1 Å². The van der Waals surface area contributed by atoms with Crippen LogP contribution >= 0.6 is 11.6 Å². The number of aromatic nitrogens is 3. The topological polar surface area (TPSA) is 63.8 Å². The molecule has 0 fully saturated rings. The maximum atomic E-state index is 5.97. The Kier molecular flexibility index (Phi) is 3.36. The van der Waals surface area contributed by atoms with Gasteiger partial charge in [0.1, 0.15) is 5.69 Å². The molecule has 0 spiro atoms. The van der Waals surface area contributed by atoms with E-state index in [1.165, 1.54) is 0 Å². The standard InChI is InChI=1S/C10H11ClN4O/c1-2-5-13-10-14-9(15-16-10)8-7(11)4-3-6-12-8/h3-4,6H,2,5H2,1H3,(H,13,14,15). The van der Waals surface area contributed by atoms with E-state index in [0.29, 0.717) is 22.6 Å². The summed E-state index contributed by atoms with van der Waals surface area (Å²) in [5, 5.41) is 7.30. The molecule has 2 aromatic rings. The monoisotopic (exact) mass is 238 g/mol. The van der Waals surface area contributed by atoms with Crippen molar-refractivity contribution in [3.8, 4) is 11.5 Å². The Bertz CT molecular complexity index is 471. The lowest BCUT2D eigenvalue weighted by molar-refractivity contribution is 0.432. The third kappa shape index (κ3) is 2.30. The van der Waals surface area contributed by atoms with Crippen LogP contribution in [0.15, 0.2) is 22.9 Å². The fourth-order valence-electron chi connectivity index (χ4n) is 1.17. The SMILES string of the molecule is CCCNc1nc(-c2ncccc2Cl)no1. The Labute approximate surface area is 97.8 Å². The molecule has 6 heteroatoms. The van der Waals surface area contributed by atoms with Crippen LogP contribution in [0.25, 0.3) is 11.5 Å². The predicted octanol–water partition coefficient (Wildman–Crippen LogP) is 2.61. The summed E-state index contributed by atoms with van der Waals surface area (Å²) in [4.78, 5) is 8.24. The van der Waals surface area contributed by atoms with Crippen molar-refractivity contribution in [2.24, 2.45) is 0 Å². The molecule has 0 saturated heterocycles. The van der Waals surface area contributed by atoms with Gasteiger partial charge in [-0.25, -0.2) is 0 Å². The zero-order chi connectivity index (χ0) is 11.4. The number of halogens is 1. The van der Waals surface area contributed by atoms with Gasteiger partial charge in [0.15, 0.2) is 0 Å². The molecular formula is C10H11ClN4O. The Morgan fingerprint density at radius 3 is 3.12 bits per heavy atom. The average molecular weight is 239 g/mol. The number of nitrogens with one attached hydrogen (secondary N) is 1. The molecule has 0 aliphatic rings. The van der Waals surface area contributed by atoms with E-state index in [0.717, 1.165) is 13.0 Å². The van der Waals surface area contributed by atoms with Gasteiger partial charge in [-0.15, -0.1) is 0 Å². The Balaban J connectivity index is 2.22. The lowest BCUT2D eigenvalue weighted by Gasteiger charge is -1.95. The normalized spacial score (nSPS) is 10.4. The van der Waals surface area contributed by atoms with Crippen molar-refractivity contribution in [3.63, 3.8) is 0 Å². The van der Waals surface area contributed by atoms with Crippen LogP contribution in [0.1, 0.15) is 13.3 Å². The maximum Gasteiger partial charge on any atom is 0.321 e. The van der Waals surface area contributed by atoms with Crippen LogP contribution in [-0.4, -0.2) is 21.7 Å². The van der Waals surface area contributed by atoms with Crippen molar-refractivity contribution in [2.75, 3.05) is 11.9 Å². The molecule has 2 heterocycles. The second-order valence-corrected chi connectivity index (χ2v) is 3.59. The molecule has 2 rings (SSSR count). The van der Waals surface area contributed by atoms with E-state index >= 15 is 0 Å². The summed E-state index contributed by atoms with van der Waals surface area (Å²) < 4.78 is 5.01. The second-order valence-electron chi connectivity index (χ2n) is 3.18. The molecule has 0 aromatic carbocycles. The van der Waals surface area contributed by atoms with Gasteiger partial charge in [0.25, 0.3) is 0 Å². The summed E-state index contributed by atoms with van der Waals surface area (Å²) in [6.45, 7) is 2.84. The molecule has 0 radical (unpaired) electrons. The zero-order valence-corrected chi connectivity index (χ0v) is 9.53. The Morgan fingerprint density at radius 1 is 1.50 bits per heavy atom. The third-order valence-electron chi connectivity index (χ3n) is 1.92. The van der Waals surface area contributed by atoms with Gasteiger partial charge in [0.2, 0.25) is 5.82 Å². The lowest BCUT2D eigenvalue weighted by atomic mass is 10.3. The number of pyridine rings is 1. The van der Waals surface area contributed by atoms with Crippen LogP contribution in [0.4, 0.5) is 6.01 Å². The lowest BCUT2D eigenvalue weighted by Crippen LogP contribution is -1.99. The van der Waals surface area contributed by atoms with Gasteiger partial charge >= 0.3 is 6.01 Å². The molecular weight excluding hydrogens is 228 g/mol. The highest BCUT2D eigenvalue weighted by atomic mass is 35.5. The van der Waals surface area contributed by atoms with Crippen molar-refractivity contribution in [2.45, 2.75) is 13.3 Å². The summed E-state index contributed by atoms with van der Waals surface area (Å²) in [7, 11) is 0. The molecule has 5 nitrogen and oxygen atoms in total. The average Bonchev–Trinajstić information content (AvgIpc) is 2.75. The minimum absolute atomic E-state index is 0.388. The van der Waals surface area contributed by atoms with Crippen LogP contribution in [-0.2, 0) is 0 Å². The first kappa shape index (κ1) is 10.9. The second kappa shape index (κ2) is 4.94. The smallest absolute Gasteiger partial charge is 0.321 e. The van der Waals surface area contributed by atoms with Crippen LogP contribution in [0.3, 0.4) is 0 Å². The summed E-state index contributed by atoms with van der Waals surface area (Å²) in [6.07, 6.45) is 2.62. The van der Waals surface area contributed by atoms with Gasteiger partial charge in [0.05, 0.1) is 5.02 Å². The summed E-state index contributed by atoms with van der Waals surface area (Å²) in [5.74, 6) is 0.393. The fourth-order valence-corrected chi connectivity index (χ4v) is 1.38. The van der Waals surface area contributed by atoms with Crippen molar-refractivity contribution >= 4 is 17.6 Å². The van der Waals surface area contributed by atoms with Crippen LogP contribution in [0, 0.1) is 0 Å². The van der Waals surface area contributed by atoms with Crippen LogP contribution in [0.2, 0.25) is 5.02 Å². The van der Waals surface area contributed by atoms with E-state index in [1.807, 2.05) is 0 Å². The van der Waals surface area contributed by atoms with Crippen molar-refractivity contribution in [1.82, 2.24) is 15.1 Å². The Hall–Kier alpha value is -1.62. The van der Waals surface area contributed by atoms with E-state index < -0.39 is 0 Å². The maximum absolute atomic E-state index is 5.97. The van der Waals surface area contributed by atoms with Crippen molar-refractivity contribution < 1.29 is 4.52 Å². The fraction of sp³-hybridized carbons (Fsp3) is 0.300. The largest absolute Gasteiger partial charge is 0.338 e. The highest BCUT2D eigenvalue weighted by Gasteiger charge is 2.11. The van der Waals surface area contributed by atoms with Crippen LogP contribution in [0.5, 0.6) is 0 Å². The van der Waals surface area contributed by atoms with Crippen molar-refractivity contribution in [1.29, 1.82) is 0 Å². The molecule has 0 saturated carbocycles. The molecule has 2 aromatic heterocycles. The number of hydrogen-bond acceptors (Lipinski definition) is 5. The van der Waals surface area contributed by atoms with E-state index in [9.17, 15) is 0 Å². The van der Waals surface area contributed by atoms with E-state index in [1.54, 1.807) is 18.3 Å². The van der Waals surface area contributed by atoms with E-state index in [2.05, 4.69) is 27.4 Å². The highest BCUT2D eigenvalue weighted by molar-refractivity contribution is 6.32. The first-order chi connectivity index (χ1) is 7.81. The highest BCUT2D eigenvalue weighted by Crippen LogP contribution is 2.23. The summed E-state index contributed by atoms with van der Waals surface area (Å²) >= 11 is 5.97. The van der Waals surface area contributed by atoms with Crippen LogP contribution < -0.4 is 5.32 Å². The number of hydrogen-bond donors (Lipinski definition) is 1. The summed E-state index contributed by atoms with van der Waals surface area (Å²) in [6, 6.07) is 3.88. The minimum atomic E-state index is 0.388. The number of rotatable bonds is 4. The predicted molar refractivity (Wildman–Crippen MR) is 61.3 cm³/mol. The summed E-state index contributed by atoms with van der Waals surface area (Å²) in [5.41, 5.74) is 0.525. The molecule has 0 aliphatic carbocycles. The molecule has 1 N–H and O–H groups in total. The van der Waals surface area contributed by atoms with Gasteiger partial charge in [-0.1, -0.05) is 23.7 Å². The molecule has 84 valence electrons. The first-order valence-electron chi connectivity index (χ1n) is 4.99. The molecule has 0 bridgehead atoms. The molecule has 0 atom stereocenters. The quantitative estimate of drug-likeness (QED) is 0.887. The van der Waals surface area contributed by atoms with Gasteiger partial charge in [-0.3, -0.25) is 4.98 Å². The number of anilines is 1. The molecule has 16 heavy (non-hydrogen) atoms. The van der Waals surface area contributed by atoms with Gasteiger partial charge < -0.3 is 9.84 Å².